The van der Waals surface area contributed by atoms with Gasteiger partial charge in [-0.05, 0) is 125 Å². The molecule has 22 heteroatoms. The summed E-state index contributed by atoms with van der Waals surface area (Å²) in [7, 11) is 3.93. The quantitative estimate of drug-likeness (QED) is 0.0899. The molecule has 4 saturated heterocycles. The molecule has 78 heavy (non-hydrogen) atoms. The van der Waals surface area contributed by atoms with Gasteiger partial charge in [0.25, 0.3) is 0 Å². The van der Waals surface area contributed by atoms with E-state index in [4.69, 9.17) is 4.74 Å². The van der Waals surface area contributed by atoms with Crippen LogP contribution >= 0.6 is 0 Å². The van der Waals surface area contributed by atoms with Crippen LogP contribution in [0.5, 0.6) is 0 Å². The molecule has 4 atom stereocenters. The number of likely N-dealkylation sites (tertiary alicyclic amines) is 2. The summed E-state index contributed by atoms with van der Waals surface area (Å²) in [6.07, 6.45) is 8.14. The van der Waals surface area contributed by atoms with Crippen molar-refractivity contribution in [2.75, 3.05) is 70.4 Å². The molecule has 0 saturated carbocycles. The van der Waals surface area contributed by atoms with Gasteiger partial charge in [0.1, 0.15) is 35.0 Å². The molecule has 0 spiro atoms. The van der Waals surface area contributed by atoms with E-state index in [0.29, 0.717) is 72.1 Å². The molecule has 0 bridgehead atoms. The van der Waals surface area contributed by atoms with E-state index >= 15 is 8.78 Å². The van der Waals surface area contributed by atoms with Crippen LogP contribution in [0.15, 0.2) is 73.1 Å². The van der Waals surface area contributed by atoms with E-state index in [1.165, 1.54) is 83.0 Å². The van der Waals surface area contributed by atoms with Crippen LogP contribution < -0.4 is 20.9 Å². The number of H-pyrrole nitrogens is 2. The second kappa shape index (κ2) is 27.2. The number of imidazole rings is 2. The summed E-state index contributed by atoms with van der Waals surface area (Å²) in [6, 6.07) is 15.2. The highest BCUT2D eigenvalue weighted by atomic mass is 19.1. The van der Waals surface area contributed by atoms with E-state index < -0.39 is 36.0 Å². The van der Waals surface area contributed by atoms with Crippen LogP contribution in [0.2, 0.25) is 0 Å². The van der Waals surface area contributed by atoms with Crippen LogP contribution in [0.25, 0.3) is 22.1 Å². The van der Waals surface area contributed by atoms with E-state index in [9.17, 15) is 32.3 Å². The second-order valence-electron chi connectivity index (χ2n) is 19.6. The van der Waals surface area contributed by atoms with Gasteiger partial charge in [-0.2, -0.15) is 0 Å². The molecule has 5 N–H and O–H groups in total. The monoisotopic (exact) mass is 1090 g/mol. The molecule has 10 rings (SSSR count). The molecular weight excluding hydrogens is 1020 g/mol. The molecule has 4 fully saturated rings. The number of fused-ring (bicyclic) bond motifs is 2. The van der Waals surface area contributed by atoms with Gasteiger partial charge in [-0.1, -0.05) is 19.1 Å². The van der Waals surface area contributed by atoms with Crippen molar-refractivity contribution in [3.8, 4) is 0 Å². The minimum atomic E-state index is -0.884. The van der Waals surface area contributed by atoms with Crippen molar-refractivity contribution in [2.45, 2.75) is 108 Å². The Bertz CT molecular complexity index is 2960. The molecular formula is C56H69F5N10O7. The van der Waals surface area contributed by atoms with Gasteiger partial charge >= 0.3 is 12.2 Å². The van der Waals surface area contributed by atoms with Crippen molar-refractivity contribution in [1.29, 1.82) is 0 Å². The number of carbonyl (C=O) groups excluding carboxylic acids is 4. The Morgan fingerprint density at radius 1 is 0.744 bits per heavy atom. The predicted molar refractivity (Wildman–Crippen MR) is 285 cm³/mol. The van der Waals surface area contributed by atoms with Gasteiger partial charge in [0.05, 0.1) is 60.8 Å². The summed E-state index contributed by atoms with van der Waals surface area (Å²) in [5, 5.41) is 2.54. The lowest BCUT2D eigenvalue weighted by Crippen LogP contribution is -2.54. The number of benzene rings is 4. The average molecular weight is 1090 g/mol. The highest BCUT2D eigenvalue weighted by Crippen LogP contribution is 2.41. The average Bonchev–Trinajstić information content (AvgIpc) is 4.41. The first kappa shape index (κ1) is 58.2. The number of alkyl carbamates (subject to hydrolysis) is 1. The van der Waals surface area contributed by atoms with Crippen molar-refractivity contribution in [3.05, 3.63) is 119 Å². The number of aromatic nitrogens is 4. The fourth-order valence-electron chi connectivity index (χ4n) is 10.5. The third-order valence-corrected chi connectivity index (χ3v) is 14.6. The second-order valence-corrected chi connectivity index (χ2v) is 19.6. The Kier molecular flexibility index (Phi) is 20.3. The lowest BCUT2D eigenvalue weighted by atomic mass is 9.89. The fourth-order valence-corrected chi connectivity index (χ4v) is 10.5. The summed E-state index contributed by atoms with van der Waals surface area (Å²) in [6.45, 7) is 7.89. The lowest BCUT2D eigenvalue weighted by molar-refractivity contribution is -0.137. The molecule has 0 unspecified atom stereocenters. The summed E-state index contributed by atoms with van der Waals surface area (Å²) in [5.41, 5.74) is 8.88. The van der Waals surface area contributed by atoms with Gasteiger partial charge in [-0.15, -0.1) is 0 Å². The van der Waals surface area contributed by atoms with Crippen molar-refractivity contribution in [1.82, 2.24) is 35.1 Å². The van der Waals surface area contributed by atoms with Crippen molar-refractivity contribution < 1.29 is 55.3 Å². The molecule has 0 radical (unpaired) electrons. The Hall–Kier alpha value is -7.49. The molecule has 6 aromatic rings. The van der Waals surface area contributed by atoms with Crippen molar-refractivity contribution >= 4 is 57.4 Å². The van der Waals surface area contributed by atoms with Gasteiger partial charge in [0, 0.05) is 70.1 Å². The number of primary amides is 1. The molecule has 4 aromatic carbocycles. The van der Waals surface area contributed by atoms with Crippen molar-refractivity contribution in [2.24, 2.45) is 5.73 Å². The maximum Gasteiger partial charge on any atom is 0.407 e. The standard InChI is InChI=1S/C28H26F4N4.C18H23FN4O4.C8H15NO.C2H5NO2/c29-19-5-3-17(4-6-19)18-7-10-35(11-8-18)28-23(31)12-20(13-24(28)32)36-9-1-2-27(36)21-14-25-26(15-22(21)30)34-16-33-25;1-10(26-2)15(22-18(25)27-3)17(24)23-8-4-5-14(23)16-20-12-7-6-11(19)9-13(12)21-16;1-2-5-8(10)9-6-3-4-7-9;1-5-2(3)4/h3-6,12-16,18,27H,1-2,7-11H2,(H,33,34);6-7,9-10,14-15H,4-5,8H2,1-3H3,(H,20,21)(H,22,25);2-7H2,1H3;1H3,(H2,3,4)/t27-;10-,14+,15+;;/m11../s1. The number of amides is 4. The van der Waals surface area contributed by atoms with Gasteiger partial charge in [0.15, 0.2) is 11.6 Å². The zero-order chi connectivity index (χ0) is 56.0. The third-order valence-electron chi connectivity index (χ3n) is 14.6. The largest absolute Gasteiger partial charge is 0.453 e. The van der Waals surface area contributed by atoms with E-state index in [-0.39, 0.29) is 47.0 Å². The van der Waals surface area contributed by atoms with Crippen LogP contribution in [0, 0.1) is 29.1 Å². The van der Waals surface area contributed by atoms with Crippen molar-refractivity contribution in [3.63, 3.8) is 0 Å². The molecule has 4 amide bonds. The Morgan fingerprint density at radius 3 is 2.04 bits per heavy atom. The molecule has 17 nitrogen and oxygen atoms in total. The summed E-state index contributed by atoms with van der Waals surface area (Å²) in [4.78, 5) is 67.3. The van der Waals surface area contributed by atoms with Crippen LogP contribution in [-0.2, 0) is 23.8 Å². The first-order chi connectivity index (χ1) is 37.5. The molecule has 4 aliphatic heterocycles. The van der Waals surface area contributed by atoms with Crippen LogP contribution in [0.3, 0.4) is 0 Å². The smallest absolute Gasteiger partial charge is 0.407 e. The lowest BCUT2D eigenvalue weighted by Gasteiger charge is -2.35. The zero-order valence-corrected chi connectivity index (χ0v) is 44.6. The first-order valence-electron chi connectivity index (χ1n) is 26.4. The maximum atomic E-state index is 15.4. The van der Waals surface area contributed by atoms with E-state index in [2.05, 4.69) is 40.5 Å². The number of halogens is 5. The number of carbonyl (C=O) groups is 4. The van der Waals surface area contributed by atoms with E-state index in [1.807, 2.05) is 16.7 Å². The van der Waals surface area contributed by atoms with E-state index in [0.717, 1.165) is 69.1 Å². The van der Waals surface area contributed by atoms with Crippen LogP contribution in [0.4, 0.5) is 42.9 Å². The number of methoxy groups -OCH3 is 3. The highest BCUT2D eigenvalue weighted by molar-refractivity contribution is 5.87. The minimum Gasteiger partial charge on any atom is -0.453 e. The zero-order valence-electron chi connectivity index (χ0n) is 44.6. The fraction of sp³-hybridized carbons (Fsp3) is 0.464. The Labute approximate surface area is 450 Å². The number of hydrogen-bond donors (Lipinski definition) is 4. The normalized spacial score (nSPS) is 18.1. The summed E-state index contributed by atoms with van der Waals surface area (Å²) in [5.74, 6) is -1.31. The number of nitrogens with one attached hydrogen (secondary N) is 3. The number of nitrogens with zero attached hydrogens (tertiary/aromatic N) is 6. The number of aromatic amines is 2. The molecule has 420 valence electrons. The van der Waals surface area contributed by atoms with E-state index in [1.54, 1.807) is 41.0 Å². The van der Waals surface area contributed by atoms with Crippen LogP contribution in [0.1, 0.15) is 113 Å². The maximum absolute atomic E-state index is 15.4. The number of ether oxygens (including phenoxy) is 3. The van der Waals surface area contributed by atoms with Gasteiger partial charge in [0.2, 0.25) is 11.8 Å². The number of hydrogen-bond acceptors (Lipinski definition) is 11. The summed E-state index contributed by atoms with van der Waals surface area (Å²) < 4.78 is 86.1. The number of anilines is 2. The number of rotatable bonds is 11. The number of nitrogens with two attached hydrogens (primary N) is 1. The minimum absolute atomic E-state index is 0.0166. The van der Waals surface area contributed by atoms with Gasteiger partial charge in [-0.3, -0.25) is 9.59 Å². The molecule has 6 heterocycles. The topological polar surface area (TPSA) is 204 Å². The Balaban J connectivity index is 0.000000183. The molecule has 4 aliphatic rings. The predicted octanol–water partition coefficient (Wildman–Crippen LogP) is 10.1. The van der Waals surface area contributed by atoms with Crippen LogP contribution in [-0.4, -0.2) is 126 Å². The molecule has 2 aromatic heterocycles. The number of piperidine rings is 1. The first-order valence-corrected chi connectivity index (χ1v) is 26.4. The third kappa shape index (κ3) is 14.3. The summed E-state index contributed by atoms with van der Waals surface area (Å²) >= 11 is 0. The highest BCUT2D eigenvalue weighted by Gasteiger charge is 2.39. The molecule has 0 aliphatic carbocycles. The SMILES string of the molecule is CCCC(=O)N1CCCC1.COC(=O)N[C@H](C(=O)N1CCC[C@H]1c1nc2ccc(F)cc2[nH]1)[C@@H](C)OC.COC(N)=O.Fc1ccc(C2CCN(c3c(F)cc(N4CCC[C@@H]4c4cc5[nH]cnc5cc4F)cc3F)CC2)cc1. The van der Waals surface area contributed by atoms with Gasteiger partial charge < -0.3 is 54.8 Å². The Morgan fingerprint density at radius 2 is 1.40 bits per heavy atom. The van der Waals surface area contributed by atoms with Gasteiger partial charge in [-0.25, -0.2) is 41.5 Å².